The Bertz CT molecular complexity index is 589. The summed E-state index contributed by atoms with van der Waals surface area (Å²) < 4.78 is 37.1. The Morgan fingerprint density at radius 2 is 1.85 bits per heavy atom. The van der Waals surface area contributed by atoms with Crippen LogP contribution in [-0.2, 0) is 11.0 Å². The van der Waals surface area contributed by atoms with E-state index in [9.17, 15) is 23.1 Å². The Hall–Kier alpha value is -2.62. The molecule has 0 radical (unpaired) electrons. The van der Waals surface area contributed by atoms with Gasteiger partial charge in [0.05, 0.1) is 5.56 Å². The second-order valence-corrected chi connectivity index (χ2v) is 3.76. The molecule has 1 amide bonds. The summed E-state index contributed by atoms with van der Waals surface area (Å²) in [5.41, 5.74) is 4.01. The lowest BCUT2D eigenvalue weighted by atomic mass is 10.2. The molecule has 4 N–H and O–H groups in total. The van der Waals surface area contributed by atoms with E-state index in [0.717, 1.165) is 24.3 Å². The van der Waals surface area contributed by atoms with Crippen molar-refractivity contribution in [2.45, 2.75) is 13.1 Å². The minimum Gasteiger partial charge on any atom is -0.511 e. The first-order valence-electron chi connectivity index (χ1n) is 5.35. The van der Waals surface area contributed by atoms with Crippen LogP contribution >= 0.6 is 0 Å². The lowest BCUT2D eigenvalue weighted by molar-refractivity contribution is -0.137. The topological polar surface area (TPSA) is 75.3 Å². The summed E-state index contributed by atoms with van der Waals surface area (Å²) in [6, 6.07) is 5.83. The number of aliphatic hydroxyl groups excluding tert-OH is 1. The number of halogens is 3. The fraction of sp³-hybridized carbons (Fsp3) is 0.154. The summed E-state index contributed by atoms with van der Waals surface area (Å²) in [6.07, 6.45) is -4.44. The third kappa shape index (κ3) is 3.95. The third-order valence-electron chi connectivity index (χ3n) is 2.26. The molecule has 0 aliphatic rings. The van der Waals surface area contributed by atoms with Gasteiger partial charge in [-0.05, 0) is 37.1 Å². The zero-order chi connectivity index (χ0) is 15.3. The molecule has 0 fully saturated rings. The van der Waals surface area contributed by atoms with Gasteiger partial charge in [-0.3, -0.25) is 4.79 Å². The van der Waals surface area contributed by atoms with E-state index in [-0.39, 0.29) is 17.0 Å². The number of amides is 1. The maximum Gasteiger partial charge on any atom is 0.416 e. The highest BCUT2D eigenvalue weighted by Crippen LogP contribution is 2.29. The van der Waals surface area contributed by atoms with Crippen LogP contribution in [0.1, 0.15) is 12.5 Å². The van der Waals surface area contributed by atoms with Crippen LogP contribution in [0.15, 0.2) is 35.6 Å². The van der Waals surface area contributed by atoms with Crippen molar-refractivity contribution in [3.8, 4) is 12.0 Å². The second kappa shape index (κ2) is 6.02. The number of nitrogens with one attached hydrogen (secondary N) is 1. The Morgan fingerprint density at radius 3 is 2.25 bits per heavy atom. The van der Waals surface area contributed by atoms with Crippen molar-refractivity contribution >= 4 is 11.6 Å². The molecule has 1 aromatic carbocycles. The smallest absolute Gasteiger partial charge is 0.416 e. The number of hydrogen-bond donors (Lipinski definition) is 3. The molecule has 7 heteroatoms. The van der Waals surface area contributed by atoms with Gasteiger partial charge in [0.25, 0.3) is 5.91 Å². The van der Waals surface area contributed by atoms with Gasteiger partial charge in [0.2, 0.25) is 0 Å². The minimum atomic E-state index is -4.44. The highest BCUT2D eigenvalue weighted by molar-refractivity contribution is 6.07. The first kappa shape index (κ1) is 15.4. The second-order valence-electron chi connectivity index (χ2n) is 3.76. The number of benzene rings is 1. The van der Waals surface area contributed by atoms with Gasteiger partial charge in [-0.2, -0.15) is 13.2 Å². The van der Waals surface area contributed by atoms with Gasteiger partial charge in [-0.15, -0.1) is 0 Å². The van der Waals surface area contributed by atoms with Gasteiger partial charge in [-0.1, -0.05) is 0 Å². The molecule has 0 saturated heterocycles. The Morgan fingerprint density at radius 1 is 1.30 bits per heavy atom. The standard InChI is InChI=1S/C13H11F3N2O2/c1-8(19)11(6-7-17)12(20)18-10-4-2-9(3-5-10)13(14,15)16/h2-5,19H,17H2,1H3,(H,18,20)/b11-8-. The molecule has 1 rings (SSSR count). The monoisotopic (exact) mass is 284 g/mol. The van der Waals surface area contributed by atoms with Crippen LogP contribution in [0.25, 0.3) is 0 Å². The van der Waals surface area contributed by atoms with Crippen LogP contribution in [0.5, 0.6) is 0 Å². The Balaban J connectivity index is 2.91. The van der Waals surface area contributed by atoms with Crippen molar-refractivity contribution in [3.63, 3.8) is 0 Å². The van der Waals surface area contributed by atoms with Crippen LogP contribution in [0, 0.1) is 12.0 Å². The summed E-state index contributed by atoms with van der Waals surface area (Å²) in [5, 5.41) is 11.6. The van der Waals surface area contributed by atoms with Crippen molar-refractivity contribution < 1.29 is 23.1 Å². The fourth-order valence-corrected chi connectivity index (χ4v) is 1.32. The molecular formula is C13H11F3N2O2. The Labute approximate surface area is 113 Å². The maximum atomic E-state index is 12.4. The number of carbonyl (C=O) groups excluding carboxylic acids is 1. The number of alkyl halides is 3. The quantitative estimate of drug-likeness (QED) is 0.338. The molecule has 20 heavy (non-hydrogen) atoms. The molecule has 0 atom stereocenters. The lowest BCUT2D eigenvalue weighted by Gasteiger charge is -2.09. The molecule has 0 aliphatic heterocycles. The summed E-state index contributed by atoms with van der Waals surface area (Å²) >= 11 is 0. The van der Waals surface area contributed by atoms with E-state index < -0.39 is 17.6 Å². The van der Waals surface area contributed by atoms with Gasteiger partial charge in [0.15, 0.2) is 0 Å². The predicted molar refractivity (Wildman–Crippen MR) is 67.4 cm³/mol. The summed E-state index contributed by atoms with van der Waals surface area (Å²) in [5.74, 6) is 1.10. The average Bonchev–Trinajstić information content (AvgIpc) is 2.34. The van der Waals surface area contributed by atoms with Gasteiger partial charge in [0, 0.05) is 11.7 Å². The number of rotatable bonds is 2. The first-order chi connectivity index (χ1) is 9.25. The maximum absolute atomic E-state index is 12.4. The molecule has 0 bridgehead atoms. The molecule has 0 aromatic heterocycles. The highest BCUT2D eigenvalue weighted by atomic mass is 19.4. The lowest BCUT2D eigenvalue weighted by Crippen LogP contribution is -2.15. The van der Waals surface area contributed by atoms with Gasteiger partial charge < -0.3 is 16.2 Å². The Kier molecular flexibility index (Phi) is 4.64. The summed E-state index contributed by atoms with van der Waals surface area (Å²) in [6.45, 7) is 1.24. The molecule has 106 valence electrons. The van der Waals surface area contributed by atoms with Gasteiger partial charge in [0.1, 0.15) is 11.3 Å². The number of anilines is 1. The van der Waals surface area contributed by atoms with Crippen LogP contribution in [-0.4, -0.2) is 11.0 Å². The number of carbonyl (C=O) groups is 1. The molecule has 4 nitrogen and oxygen atoms in total. The van der Waals surface area contributed by atoms with E-state index in [0.29, 0.717) is 0 Å². The van der Waals surface area contributed by atoms with Crippen LogP contribution < -0.4 is 11.1 Å². The van der Waals surface area contributed by atoms with Crippen molar-refractivity contribution in [3.05, 3.63) is 41.2 Å². The molecule has 0 unspecified atom stereocenters. The molecule has 0 heterocycles. The van der Waals surface area contributed by atoms with E-state index in [4.69, 9.17) is 5.73 Å². The number of aliphatic hydroxyl groups is 1. The number of hydrogen-bond acceptors (Lipinski definition) is 3. The number of allylic oxidation sites excluding steroid dienone is 1. The van der Waals surface area contributed by atoms with Gasteiger partial charge in [-0.25, -0.2) is 0 Å². The number of nitrogens with two attached hydrogens (primary N) is 1. The SMILES string of the molecule is C/C(O)=C(\C#CN)C(=O)Nc1ccc(C(F)(F)F)cc1. The van der Waals surface area contributed by atoms with Crippen molar-refractivity contribution in [2.24, 2.45) is 5.73 Å². The van der Waals surface area contributed by atoms with Crippen molar-refractivity contribution in [1.82, 2.24) is 0 Å². The van der Waals surface area contributed by atoms with Crippen LogP contribution in [0.2, 0.25) is 0 Å². The summed E-state index contributed by atoms with van der Waals surface area (Å²) in [7, 11) is 0. The van der Waals surface area contributed by atoms with Crippen LogP contribution in [0.3, 0.4) is 0 Å². The largest absolute Gasteiger partial charge is 0.511 e. The zero-order valence-electron chi connectivity index (χ0n) is 10.4. The average molecular weight is 284 g/mol. The molecule has 0 aliphatic carbocycles. The van der Waals surface area contributed by atoms with Crippen molar-refractivity contribution in [1.29, 1.82) is 0 Å². The highest BCUT2D eigenvalue weighted by Gasteiger charge is 2.30. The van der Waals surface area contributed by atoms with E-state index >= 15 is 0 Å². The van der Waals surface area contributed by atoms with E-state index in [1.165, 1.54) is 6.92 Å². The predicted octanol–water partition coefficient (Wildman–Crippen LogP) is 2.40. The van der Waals surface area contributed by atoms with E-state index in [2.05, 4.69) is 11.2 Å². The third-order valence-corrected chi connectivity index (χ3v) is 2.26. The van der Waals surface area contributed by atoms with E-state index in [1.807, 2.05) is 6.04 Å². The first-order valence-corrected chi connectivity index (χ1v) is 5.35. The molecule has 1 aromatic rings. The zero-order valence-corrected chi connectivity index (χ0v) is 10.4. The van der Waals surface area contributed by atoms with Gasteiger partial charge >= 0.3 is 6.18 Å². The molecule has 0 spiro atoms. The molecule has 0 saturated carbocycles. The normalized spacial score (nSPS) is 12.0. The molecular weight excluding hydrogens is 273 g/mol. The minimum absolute atomic E-state index is 0.139. The summed E-state index contributed by atoms with van der Waals surface area (Å²) in [4.78, 5) is 11.7. The van der Waals surface area contributed by atoms with E-state index in [1.54, 1.807) is 0 Å². The fourth-order valence-electron chi connectivity index (χ4n) is 1.32. The van der Waals surface area contributed by atoms with Crippen molar-refractivity contribution in [2.75, 3.05) is 5.32 Å². The van der Waals surface area contributed by atoms with Crippen LogP contribution in [0.4, 0.5) is 18.9 Å².